The summed E-state index contributed by atoms with van der Waals surface area (Å²) in [4.78, 5) is 4.52. The zero-order valence-electron chi connectivity index (χ0n) is 23.0. The summed E-state index contributed by atoms with van der Waals surface area (Å²) >= 11 is 0. The lowest BCUT2D eigenvalue weighted by atomic mass is 9.47. The topological polar surface area (TPSA) is 12.9 Å². The lowest BCUT2D eigenvalue weighted by molar-refractivity contribution is -0.0497. The maximum Gasteiger partial charge on any atom is 0.106 e. The second-order valence-corrected chi connectivity index (χ2v) is 16.0. The molecule has 0 aliphatic heterocycles. The van der Waals surface area contributed by atoms with Crippen molar-refractivity contribution in [3.63, 3.8) is 0 Å². The molecule has 0 amide bonds. The highest BCUT2D eigenvalue weighted by atomic mass is 33.1. The molecule has 1 aromatic rings. The predicted molar refractivity (Wildman–Crippen MR) is 155 cm³/mol. The van der Waals surface area contributed by atoms with E-state index < -0.39 is 0 Å². The molecule has 3 saturated carbocycles. The second kappa shape index (κ2) is 10.8. The van der Waals surface area contributed by atoms with Crippen LogP contribution in [0.15, 0.2) is 41.1 Å². The van der Waals surface area contributed by atoms with Gasteiger partial charge in [0, 0.05) is 11.4 Å². The summed E-state index contributed by atoms with van der Waals surface area (Å²) in [7, 11) is 3.96. The van der Waals surface area contributed by atoms with Gasteiger partial charge in [-0.1, -0.05) is 82.4 Å². The van der Waals surface area contributed by atoms with Gasteiger partial charge in [-0.3, -0.25) is 0 Å². The highest BCUT2D eigenvalue weighted by Gasteiger charge is 2.59. The summed E-state index contributed by atoms with van der Waals surface area (Å²) < 4.78 is 0. The minimum atomic E-state index is 0.470. The van der Waals surface area contributed by atoms with Crippen LogP contribution in [0.5, 0.6) is 0 Å². The van der Waals surface area contributed by atoms with Crippen LogP contribution in [0, 0.1) is 46.3 Å². The van der Waals surface area contributed by atoms with Gasteiger partial charge in [0.2, 0.25) is 0 Å². The van der Waals surface area contributed by atoms with Crippen molar-refractivity contribution < 1.29 is 0 Å². The van der Waals surface area contributed by atoms with Gasteiger partial charge in [0.15, 0.2) is 0 Å². The quantitative estimate of drug-likeness (QED) is 0.254. The van der Waals surface area contributed by atoms with Gasteiger partial charge < -0.3 is 0 Å². The van der Waals surface area contributed by atoms with Crippen LogP contribution in [-0.2, 0) is 0 Å². The Bertz CT molecular complexity index is 881. The molecule has 1 nitrogen and oxygen atoms in total. The summed E-state index contributed by atoms with van der Waals surface area (Å²) in [5.74, 6) is 5.59. The Labute approximate surface area is 223 Å². The van der Waals surface area contributed by atoms with Crippen molar-refractivity contribution in [1.82, 2.24) is 4.98 Å². The summed E-state index contributed by atoms with van der Waals surface area (Å²) in [5, 5.41) is 1.90. The Morgan fingerprint density at radius 3 is 2.63 bits per heavy atom. The molecular weight excluding hydrogens is 462 g/mol. The average Bonchev–Trinajstić information content (AvgIpc) is 3.20. The molecule has 3 fully saturated rings. The van der Waals surface area contributed by atoms with Crippen molar-refractivity contribution in [3.05, 3.63) is 36.0 Å². The fraction of sp³-hybridized carbons (Fsp3) is 0.781. The standard InChI is InChI=1S/C32H49NS2/c1-22(2)9-8-10-23(3)27-14-15-28-26-13-12-24-21-25(34-35-30-11-6-7-20-33-30)16-18-31(24,4)29(26)17-19-32(27,28)5/h6-7,11-12,20,22-23,25-29H,8-10,13-19,21H2,1-5H3/t23-,25+,26+,27-,28+,29+,31+,32-/m1/s1. The van der Waals surface area contributed by atoms with E-state index in [0.717, 1.165) is 45.8 Å². The summed E-state index contributed by atoms with van der Waals surface area (Å²) in [5.41, 5.74) is 2.90. The first-order chi connectivity index (χ1) is 16.8. The van der Waals surface area contributed by atoms with Crippen molar-refractivity contribution in [1.29, 1.82) is 0 Å². The van der Waals surface area contributed by atoms with Crippen molar-refractivity contribution in [3.8, 4) is 0 Å². The Hall–Kier alpha value is -0.410. The number of allylic oxidation sites excluding steroid dienone is 2. The van der Waals surface area contributed by atoms with Crippen LogP contribution < -0.4 is 0 Å². The number of hydrogen-bond acceptors (Lipinski definition) is 3. The van der Waals surface area contributed by atoms with Crippen LogP contribution >= 0.6 is 21.6 Å². The summed E-state index contributed by atoms with van der Waals surface area (Å²) in [6.45, 7) is 12.8. The lowest BCUT2D eigenvalue weighted by Crippen LogP contribution is -2.50. The Kier molecular flexibility index (Phi) is 8.05. The van der Waals surface area contributed by atoms with Crippen LogP contribution in [0.2, 0.25) is 0 Å². The van der Waals surface area contributed by atoms with Crippen LogP contribution in [0.4, 0.5) is 0 Å². The molecule has 5 rings (SSSR count). The van der Waals surface area contributed by atoms with Crippen molar-refractivity contribution in [2.45, 2.75) is 116 Å². The maximum absolute atomic E-state index is 4.52. The largest absolute Gasteiger partial charge is 0.249 e. The van der Waals surface area contributed by atoms with Gasteiger partial charge in [-0.05, 0) is 121 Å². The third-order valence-electron chi connectivity index (χ3n) is 11.2. The highest BCUT2D eigenvalue weighted by Crippen LogP contribution is 2.67. The van der Waals surface area contributed by atoms with Crippen molar-refractivity contribution >= 4 is 21.6 Å². The molecule has 0 aromatic carbocycles. The fourth-order valence-corrected chi connectivity index (χ4v) is 11.7. The number of rotatable bonds is 8. The van der Waals surface area contributed by atoms with Crippen LogP contribution in [0.3, 0.4) is 0 Å². The van der Waals surface area contributed by atoms with Gasteiger partial charge in [0.25, 0.3) is 0 Å². The SMILES string of the molecule is CC(C)CCC[C@@H](C)[C@H]1CC[C@H]2[C@@H]3CC=C4C[C@@H](SSc5ccccn5)CC[C@]4(C)[C@H]3CC[C@]12C. The molecule has 194 valence electrons. The Morgan fingerprint density at radius 1 is 1.00 bits per heavy atom. The zero-order chi connectivity index (χ0) is 24.6. The summed E-state index contributed by atoms with van der Waals surface area (Å²) in [6, 6.07) is 6.27. The fourth-order valence-electron chi connectivity index (χ4n) is 9.25. The minimum absolute atomic E-state index is 0.470. The third-order valence-corrected chi connectivity index (χ3v) is 14.0. The predicted octanol–water partition coefficient (Wildman–Crippen LogP) is 10.2. The van der Waals surface area contributed by atoms with E-state index in [1.807, 2.05) is 28.6 Å². The molecule has 35 heavy (non-hydrogen) atoms. The molecule has 0 bridgehead atoms. The average molecular weight is 512 g/mol. The van der Waals surface area contributed by atoms with E-state index in [1.54, 1.807) is 0 Å². The molecular formula is C32H49NS2. The van der Waals surface area contributed by atoms with Crippen LogP contribution in [0.1, 0.15) is 105 Å². The van der Waals surface area contributed by atoms with Gasteiger partial charge in [0.1, 0.15) is 5.03 Å². The first-order valence-corrected chi connectivity index (χ1v) is 17.0. The lowest BCUT2D eigenvalue weighted by Gasteiger charge is -2.58. The molecule has 0 radical (unpaired) electrons. The Balaban J connectivity index is 1.24. The highest BCUT2D eigenvalue weighted by molar-refractivity contribution is 8.76. The molecule has 0 N–H and O–H groups in total. The van der Waals surface area contributed by atoms with E-state index in [-0.39, 0.29) is 0 Å². The molecule has 3 heteroatoms. The monoisotopic (exact) mass is 511 g/mol. The zero-order valence-corrected chi connectivity index (χ0v) is 24.6. The third kappa shape index (κ3) is 5.16. The molecule has 0 unspecified atom stereocenters. The van der Waals surface area contributed by atoms with Gasteiger partial charge >= 0.3 is 0 Å². The smallest absolute Gasteiger partial charge is 0.106 e. The van der Waals surface area contributed by atoms with E-state index in [4.69, 9.17) is 0 Å². The van der Waals surface area contributed by atoms with Crippen LogP contribution in [0.25, 0.3) is 0 Å². The number of aromatic nitrogens is 1. The maximum atomic E-state index is 4.52. The normalized spacial score (nSPS) is 39.5. The molecule has 1 heterocycles. The molecule has 4 aliphatic rings. The first-order valence-electron chi connectivity index (χ1n) is 14.7. The van der Waals surface area contributed by atoms with Gasteiger partial charge in [-0.25, -0.2) is 4.98 Å². The van der Waals surface area contributed by atoms with E-state index in [0.29, 0.717) is 10.8 Å². The van der Waals surface area contributed by atoms with E-state index in [2.05, 4.69) is 68.6 Å². The van der Waals surface area contributed by atoms with E-state index in [1.165, 1.54) is 70.6 Å². The van der Waals surface area contributed by atoms with Gasteiger partial charge in [0.05, 0.1) is 0 Å². The number of fused-ring (bicyclic) bond motifs is 5. The molecule has 8 atom stereocenters. The molecule has 4 aliphatic carbocycles. The van der Waals surface area contributed by atoms with Crippen molar-refractivity contribution in [2.24, 2.45) is 46.3 Å². The summed E-state index contributed by atoms with van der Waals surface area (Å²) in [6.07, 6.45) is 20.4. The second-order valence-electron chi connectivity index (χ2n) is 13.5. The first kappa shape index (κ1) is 26.2. The van der Waals surface area contributed by atoms with Crippen molar-refractivity contribution in [2.75, 3.05) is 0 Å². The molecule has 1 aromatic heterocycles. The molecule has 0 spiro atoms. The van der Waals surface area contributed by atoms with Gasteiger partial charge in [-0.15, -0.1) is 0 Å². The Morgan fingerprint density at radius 2 is 1.86 bits per heavy atom. The van der Waals surface area contributed by atoms with Crippen LogP contribution in [-0.4, -0.2) is 10.2 Å². The molecule has 0 saturated heterocycles. The van der Waals surface area contributed by atoms with E-state index in [9.17, 15) is 0 Å². The van der Waals surface area contributed by atoms with E-state index >= 15 is 0 Å². The number of nitrogens with zero attached hydrogens (tertiary/aromatic N) is 1. The van der Waals surface area contributed by atoms with Gasteiger partial charge in [-0.2, -0.15) is 0 Å². The number of hydrogen-bond donors (Lipinski definition) is 0. The minimum Gasteiger partial charge on any atom is -0.249 e. The number of pyridine rings is 1.